The second-order valence-corrected chi connectivity index (χ2v) is 4.46. The Morgan fingerprint density at radius 3 is 2.81 bits per heavy atom. The van der Waals surface area contributed by atoms with E-state index < -0.39 is 0 Å². The van der Waals surface area contributed by atoms with Crippen molar-refractivity contribution in [2.24, 2.45) is 0 Å². The van der Waals surface area contributed by atoms with Crippen molar-refractivity contribution >= 4 is 34.5 Å². The van der Waals surface area contributed by atoms with Gasteiger partial charge in [0, 0.05) is 0 Å². The number of halogens is 1. The molecule has 3 nitrogen and oxygen atoms in total. The lowest BCUT2D eigenvalue weighted by molar-refractivity contribution is 0.103. The predicted molar refractivity (Wildman–Crippen MR) is 66.3 cm³/mol. The molecule has 1 aromatic carbocycles. The first kappa shape index (κ1) is 11.1. The molecule has 82 valence electrons. The summed E-state index contributed by atoms with van der Waals surface area (Å²) in [5, 5.41) is 3.28. The number of amides is 1. The number of thiazole rings is 1. The number of aryl methyl sites for hydroxylation is 1. The molecule has 1 amide bonds. The van der Waals surface area contributed by atoms with Crippen molar-refractivity contribution in [2.75, 3.05) is 5.32 Å². The molecule has 1 heterocycles. The van der Waals surface area contributed by atoms with Gasteiger partial charge in [-0.15, -0.1) is 11.3 Å². The number of rotatable bonds is 2. The summed E-state index contributed by atoms with van der Waals surface area (Å²) in [5.74, 6) is -0.173. The third-order valence-electron chi connectivity index (χ3n) is 2.07. The summed E-state index contributed by atoms with van der Waals surface area (Å²) in [6.07, 6.45) is 0. The summed E-state index contributed by atoms with van der Waals surface area (Å²) in [6.45, 7) is 1.80. The van der Waals surface area contributed by atoms with E-state index in [1.165, 1.54) is 11.3 Å². The molecule has 0 aliphatic heterocycles. The van der Waals surface area contributed by atoms with Crippen molar-refractivity contribution in [2.45, 2.75) is 6.92 Å². The van der Waals surface area contributed by atoms with Gasteiger partial charge in [-0.1, -0.05) is 23.7 Å². The number of para-hydroxylation sites is 1. The highest BCUT2D eigenvalue weighted by Crippen LogP contribution is 2.22. The van der Waals surface area contributed by atoms with Crippen LogP contribution in [0.2, 0.25) is 5.02 Å². The Kier molecular flexibility index (Phi) is 3.22. The van der Waals surface area contributed by atoms with Gasteiger partial charge >= 0.3 is 0 Å². The van der Waals surface area contributed by atoms with Gasteiger partial charge in [0.05, 0.1) is 21.9 Å². The number of hydrogen-bond acceptors (Lipinski definition) is 3. The summed E-state index contributed by atoms with van der Waals surface area (Å²) in [5.41, 5.74) is 2.99. The van der Waals surface area contributed by atoms with Crippen molar-refractivity contribution < 1.29 is 4.79 Å². The fourth-order valence-corrected chi connectivity index (χ4v) is 2.14. The third-order valence-corrected chi connectivity index (χ3v) is 3.33. The molecule has 0 atom stereocenters. The maximum atomic E-state index is 11.8. The fourth-order valence-electron chi connectivity index (χ4n) is 1.26. The van der Waals surface area contributed by atoms with Crippen LogP contribution in [0.4, 0.5) is 5.69 Å². The van der Waals surface area contributed by atoms with Crippen LogP contribution in [0.3, 0.4) is 0 Å². The van der Waals surface area contributed by atoms with Gasteiger partial charge in [-0.05, 0) is 19.1 Å². The van der Waals surface area contributed by atoms with Gasteiger partial charge in [-0.3, -0.25) is 4.79 Å². The maximum absolute atomic E-state index is 11.8. The second kappa shape index (κ2) is 4.63. The molecule has 2 rings (SSSR count). The molecule has 1 aromatic heterocycles. The number of anilines is 1. The lowest BCUT2D eigenvalue weighted by Crippen LogP contribution is -2.11. The Labute approximate surface area is 102 Å². The highest BCUT2D eigenvalue weighted by Gasteiger charge is 2.12. The molecule has 0 unspecified atom stereocenters. The van der Waals surface area contributed by atoms with E-state index in [1.54, 1.807) is 24.6 Å². The molecule has 0 spiro atoms. The minimum Gasteiger partial charge on any atom is -0.320 e. The zero-order valence-corrected chi connectivity index (χ0v) is 10.1. The fraction of sp³-hybridized carbons (Fsp3) is 0.0909. The first-order valence-corrected chi connectivity index (χ1v) is 5.90. The number of nitrogens with one attached hydrogen (secondary N) is 1. The van der Waals surface area contributed by atoms with E-state index in [9.17, 15) is 4.79 Å². The molecular formula is C11H9ClN2OS. The van der Waals surface area contributed by atoms with Crippen LogP contribution >= 0.6 is 22.9 Å². The molecule has 16 heavy (non-hydrogen) atoms. The molecule has 0 saturated carbocycles. The average Bonchev–Trinajstić information content (AvgIpc) is 2.68. The average molecular weight is 253 g/mol. The Morgan fingerprint density at radius 2 is 2.19 bits per heavy atom. The Bertz CT molecular complexity index is 524. The Hall–Kier alpha value is -1.39. The largest absolute Gasteiger partial charge is 0.320 e. The highest BCUT2D eigenvalue weighted by molar-refractivity contribution is 7.12. The highest BCUT2D eigenvalue weighted by atomic mass is 35.5. The normalized spacial score (nSPS) is 10.1. The Morgan fingerprint density at radius 1 is 1.44 bits per heavy atom. The molecule has 0 radical (unpaired) electrons. The first-order chi connectivity index (χ1) is 7.68. The number of carbonyl (C=O) groups excluding carboxylic acids is 1. The summed E-state index contributed by atoms with van der Waals surface area (Å²) in [4.78, 5) is 16.5. The predicted octanol–water partition coefficient (Wildman–Crippen LogP) is 3.36. The first-order valence-electron chi connectivity index (χ1n) is 4.64. The number of carbonyl (C=O) groups is 1. The van der Waals surface area contributed by atoms with Gasteiger partial charge in [0.25, 0.3) is 5.91 Å². The monoisotopic (exact) mass is 252 g/mol. The van der Waals surface area contributed by atoms with Crippen molar-refractivity contribution in [1.82, 2.24) is 4.98 Å². The van der Waals surface area contributed by atoms with Crippen LogP contribution in [-0.4, -0.2) is 10.9 Å². The molecule has 5 heteroatoms. The van der Waals surface area contributed by atoms with E-state index in [1.807, 2.05) is 12.1 Å². The van der Waals surface area contributed by atoms with E-state index in [-0.39, 0.29) is 5.91 Å². The van der Waals surface area contributed by atoms with E-state index in [0.29, 0.717) is 15.6 Å². The summed E-state index contributed by atoms with van der Waals surface area (Å²) < 4.78 is 0. The number of nitrogens with zero attached hydrogens (tertiary/aromatic N) is 1. The molecule has 0 bridgehead atoms. The van der Waals surface area contributed by atoms with E-state index >= 15 is 0 Å². The number of benzene rings is 1. The van der Waals surface area contributed by atoms with Crippen molar-refractivity contribution in [3.05, 3.63) is 45.4 Å². The van der Waals surface area contributed by atoms with Crippen LogP contribution in [0.5, 0.6) is 0 Å². The molecule has 0 aliphatic rings. The molecule has 0 fully saturated rings. The lowest BCUT2D eigenvalue weighted by atomic mass is 10.3. The van der Waals surface area contributed by atoms with Gasteiger partial charge in [0.2, 0.25) is 0 Å². The number of aromatic nitrogens is 1. The molecule has 0 saturated heterocycles. The van der Waals surface area contributed by atoms with Crippen LogP contribution < -0.4 is 5.32 Å². The van der Waals surface area contributed by atoms with Crippen LogP contribution in [0.1, 0.15) is 15.4 Å². The van der Waals surface area contributed by atoms with Crippen LogP contribution in [0.15, 0.2) is 29.8 Å². The maximum Gasteiger partial charge on any atom is 0.267 e. The third kappa shape index (κ3) is 2.23. The SMILES string of the molecule is Cc1ncsc1C(=O)Nc1ccccc1Cl. The minimum absolute atomic E-state index is 0.173. The molecule has 1 N–H and O–H groups in total. The minimum atomic E-state index is -0.173. The Balaban J connectivity index is 2.21. The van der Waals surface area contributed by atoms with Gasteiger partial charge in [-0.2, -0.15) is 0 Å². The quantitative estimate of drug-likeness (QED) is 0.891. The summed E-state index contributed by atoms with van der Waals surface area (Å²) in [6, 6.07) is 7.13. The smallest absolute Gasteiger partial charge is 0.267 e. The van der Waals surface area contributed by atoms with Crippen molar-refractivity contribution in [3.8, 4) is 0 Å². The van der Waals surface area contributed by atoms with Crippen LogP contribution in [0, 0.1) is 6.92 Å². The van der Waals surface area contributed by atoms with Gasteiger partial charge in [0.1, 0.15) is 4.88 Å². The van der Waals surface area contributed by atoms with Crippen LogP contribution in [-0.2, 0) is 0 Å². The standard InChI is InChI=1S/C11H9ClN2OS/c1-7-10(16-6-13-7)11(15)14-9-5-3-2-4-8(9)12/h2-6H,1H3,(H,14,15). The van der Waals surface area contributed by atoms with Gasteiger partial charge < -0.3 is 5.32 Å². The zero-order valence-electron chi connectivity index (χ0n) is 8.53. The molecular weight excluding hydrogens is 244 g/mol. The van der Waals surface area contributed by atoms with E-state index in [4.69, 9.17) is 11.6 Å². The number of hydrogen-bond donors (Lipinski definition) is 1. The lowest BCUT2D eigenvalue weighted by Gasteiger charge is -2.05. The molecule has 0 aliphatic carbocycles. The van der Waals surface area contributed by atoms with Crippen LogP contribution in [0.25, 0.3) is 0 Å². The van der Waals surface area contributed by atoms with Crippen molar-refractivity contribution in [1.29, 1.82) is 0 Å². The second-order valence-electron chi connectivity index (χ2n) is 3.20. The zero-order chi connectivity index (χ0) is 11.5. The topological polar surface area (TPSA) is 42.0 Å². The summed E-state index contributed by atoms with van der Waals surface area (Å²) in [7, 11) is 0. The van der Waals surface area contributed by atoms with Gasteiger partial charge in [-0.25, -0.2) is 4.98 Å². The summed E-state index contributed by atoms with van der Waals surface area (Å²) >= 11 is 7.26. The van der Waals surface area contributed by atoms with Crippen molar-refractivity contribution in [3.63, 3.8) is 0 Å². The van der Waals surface area contributed by atoms with E-state index in [2.05, 4.69) is 10.3 Å². The van der Waals surface area contributed by atoms with Gasteiger partial charge in [0.15, 0.2) is 0 Å². The van der Waals surface area contributed by atoms with E-state index in [0.717, 1.165) is 5.69 Å². The molecule has 2 aromatic rings.